The molecule has 22 heavy (non-hydrogen) atoms. The van der Waals surface area contributed by atoms with Gasteiger partial charge in [0.25, 0.3) is 0 Å². The summed E-state index contributed by atoms with van der Waals surface area (Å²) in [5.41, 5.74) is 8.20. The third kappa shape index (κ3) is 2.50. The number of ether oxygens (including phenoxy) is 1. The van der Waals surface area contributed by atoms with Gasteiger partial charge >= 0.3 is 0 Å². The normalized spacial score (nSPS) is 10.7. The number of nitrogens with two attached hydrogens (primary N) is 1. The van der Waals surface area contributed by atoms with Gasteiger partial charge in [-0.1, -0.05) is 18.2 Å². The van der Waals surface area contributed by atoms with Crippen LogP contribution in [0, 0.1) is 6.92 Å². The van der Waals surface area contributed by atoms with E-state index in [1.165, 1.54) is 6.33 Å². The van der Waals surface area contributed by atoms with Crippen LogP contribution in [0.2, 0.25) is 0 Å². The maximum Gasteiger partial charge on any atom is 0.248 e. The second-order valence-corrected chi connectivity index (χ2v) is 5.19. The first-order valence-electron chi connectivity index (χ1n) is 6.88. The Balaban J connectivity index is 2.07. The van der Waals surface area contributed by atoms with Crippen molar-refractivity contribution in [1.82, 2.24) is 15.0 Å². The lowest BCUT2D eigenvalue weighted by molar-refractivity contribution is 0.468. The van der Waals surface area contributed by atoms with Crippen molar-refractivity contribution in [3.05, 3.63) is 42.4 Å². The minimum Gasteiger partial charge on any atom is -0.435 e. The first-order valence-corrected chi connectivity index (χ1v) is 6.88. The van der Waals surface area contributed by atoms with Gasteiger partial charge in [0.15, 0.2) is 11.6 Å². The standard InChI is InChI=1S/C16H17N5O/c1-10-7-8-11-5-4-6-12(14(11)20-10)22-16-13(17)15(21(2)3)18-9-19-16/h4-9H,17H2,1-3H3. The molecule has 0 saturated heterocycles. The molecule has 0 amide bonds. The molecule has 0 unspecified atom stereocenters. The molecule has 3 rings (SSSR count). The van der Waals surface area contributed by atoms with Gasteiger partial charge in [-0.05, 0) is 19.1 Å². The van der Waals surface area contributed by atoms with E-state index in [1.54, 1.807) is 0 Å². The molecule has 6 heteroatoms. The summed E-state index contributed by atoms with van der Waals surface area (Å²) in [5, 5.41) is 1.00. The molecule has 3 aromatic rings. The van der Waals surface area contributed by atoms with Crippen molar-refractivity contribution in [2.75, 3.05) is 24.7 Å². The summed E-state index contributed by atoms with van der Waals surface area (Å²) in [7, 11) is 3.73. The number of hydrogen-bond donors (Lipinski definition) is 1. The lowest BCUT2D eigenvalue weighted by Crippen LogP contribution is -2.14. The number of aryl methyl sites for hydroxylation is 1. The zero-order valence-electron chi connectivity index (χ0n) is 12.7. The average Bonchev–Trinajstić information content (AvgIpc) is 2.49. The van der Waals surface area contributed by atoms with Gasteiger partial charge in [0.05, 0.1) is 0 Å². The van der Waals surface area contributed by atoms with Crippen molar-refractivity contribution in [2.45, 2.75) is 6.92 Å². The fourth-order valence-electron chi connectivity index (χ4n) is 2.21. The minimum atomic E-state index is 0.328. The van der Waals surface area contributed by atoms with Gasteiger partial charge in [-0.2, -0.15) is 4.98 Å². The molecule has 2 N–H and O–H groups in total. The number of benzene rings is 1. The highest BCUT2D eigenvalue weighted by molar-refractivity contribution is 5.85. The predicted octanol–water partition coefficient (Wildman–Crippen LogP) is 2.77. The third-order valence-corrected chi connectivity index (χ3v) is 3.28. The molecule has 2 aromatic heterocycles. The summed E-state index contributed by atoms with van der Waals surface area (Å²) in [4.78, 5) is 14.6. The van der Waals surface area contributed by atoms with E-state index in [-0.39, 0.29) is 0 Å². The number of pyridine rings is 1. The maximum atomic E-state index is 6.09. The van der Waals surface area contributed by atoms with Crippen LogP contribution in [0.15, 0.2) is 36.7 Å². The molecule has 1 aromatic carbocycles. The Labute approximate surface area is 128 Å². The van der Waals surface area contributed by atoms with Crippen molar-refractivity contribution < 1.29 is 4.74 Å². The zero-order valence-corrected chi connectivity index (χ0v) is 12.7. The second kappa shape index (κ2) is 5.48. The van der Waals surface area contributed by atoms with Crippen LogP contribution in [0.25, 0.3) is 10.9 Å². The lowest BCUT2D eigenvalue weighted by atomic mass is 10.2. The molecule has 0 aliphatic carbocycles. The molecular weight excluding hydrogens is 278 g/mol. The SMILES string of the molecule is Cc1ccc2cccc(Oc3ncnc(N(C)C)c3N)c2n1. The van der Waals surface area contributed by atoms with Gasteiger partial charge in [-0.15, -0.1) is 0 Å². The van der Waals surface area contributed by atoms with E-state index in [0.717, 1.165) is 16.6 Å². The summed E-state index contributed by atoms with van der Waals surface area (Å²) >= 11 is 0. The van der Waals surface area contributed by atoms with Gasteiger partial charge in [0, 0.05) is 25.2 Å². The first kappa shape index (κ1) is 14.1. The van der Waals surface area contributed by atoms with Crippen LogP contribution in [-0.2, 0) is 0 Å². The Morgan fingerprint density at radius 3 is 2.68 bits per heavy atom. The van der Waals surface area contributed by atoms with Crippen LogP contribution in [-0.4, -0.2) is 29.0 Å². The molecule has 0 saturated carbocycles. The predicted molar refractivity (Wildman–Crippen MR) is 87.3 cm³/mol. The summed E-state index contributed by atoms with van der Waals surface area (Å²) in [6.07, 6.45) is 1.44. The highest BCUT2D eigenvalue weighted by atomic mass is 16.5. The second-order valence-electron chi connectivity index (χ2n) is 5.19. The average molecular weight is 295 g/mol. The van der Waals surface area contributed by atoms with Crippen molar-refractivity contribution in [3.8, 4) is 11.6 Å². The molecule has 112 valence electrons. The van der Waals surface area contributed by atoms with Crippen molar-refractivity contribution >= 4 is 22.4 Å². The lowest BCUT2D eigenvalue weighted by Gasteiger charge is -2.15. The van der Waals surface area contributed by atoms with Gasteiger partial charge < -0.3 is 15.4 Å². The molecule has 0 fully saturated rings. The number of hydrogen-bond acceptors (Lipinski definition) is 6. The van der Waals surface area contributed by atoms with E-state index >= 15 is 0 Å². The maximum absolute atomic E-state index is 6.09. The van der Waals surface area contributed by atoms with Crippen LogP contribution in [0.4, 0.5) is 11.5 Å². The molecule has 0 aliphatic rings. The molecular formula is C16H17N5O. The highest BCUT2D eigenvalue weighted by Gasteiger charge is 2.13. The Morgan fingerprint density at radius 1 is 1.09 bits per heavy atom. The number of nitrogen functional groups attached to an aromatic ring is 1. The van der Waals surface area contributed by atoms with E-state index in [1.807, 2.05) is 56.3 Å². The van der Waals surface area contributed by atoms with E-state index < -0.39 is 0 Å². The number of para-hydroxylation sites is 1. The molecule has 0 aliphatic heterocycles. The van der Waals surface area contributed by atoms with Crippen LogP contribution < -0.4 is 15.4 Å². The summed E-state index contributed by atoms with van der Waals surface area (Å²) < 4.78 is 5.90. The van der Waals surface area contributed by atoms with E-state index in [4.69, 9.17) is 10.5 Å². The first-order chi connectivity index (χ1) is 10.6. The van der Waals surface area contributed by atoms with Crippen molar-refractivity contribution in [3.63, 3.8) is 0 Å². The van der Waals surface area contributed by atoms with E-state index in [2.05, 4.69) is 15.0 Å². The van der Waals surface area contributed by atoms with Gasteiger partial charge in [0.1, 0.15) is 17.5 Å². The fraction of sp³-hybridized carbons (Fsp3) is 0.188. The van der Waals surface area contributed by atoms with Gasteiger partial charge in [-0.25, -0.2) is 9.97 Å². The Morgan fingerprint density at radius 2 is 1.91 bits per heavy atom. The summed E-state index contributed by atoms with van der Waals surface area (Å²) in [5.74, 6) is 1.57. The Hall–Kier alpha value is -2.89. The van der Waals surface area contributed by atoms with Crippen LogP contribution in [0.3, 0.4) is 0 Å². The molecule has 6 nitrogen and oxygen atoms in total. The van der Waals surface area contributed by atoms with Gasteiger partial charge in [-0.3, -0.25) is 0 Å². The van der Waals surface area contributed by atoms with E-state index in [0.29, 0.717) is 23.1 Å². The number of nitrogens with zero attached hydrogens (tertiary/aromatic N) is 4. The highest BCUT2D eigenvalue weighted by Crippen LogP contribution is 2.33. The van der Waals surface area contributed by atoms with Gasteiger partial charge in [0.2, 0.25) is 5.88 Å². The fourth-order valence-corrected chi connectivity index (χ4v) is 2.21. The van der Waals surface area contributed by atoms with Crippen molar-refractivity contribution in [2.24, 2.45) is 0 Å². The van der Waals surface area contributed by atoms with Crippen LogP contribution in [0.1, 0.15) is 5.69 Å². The molecule has 0 atom stereocenters. The molecule has 2 heterocycles. The largest absolute Gasteiger partial charge is 0.435 e. The number of fused-ring (bicyclic) bond motifs is 1. The van der Waals surface area contributed by atoms with Crippen molar-refractivity contribution in [1.29, 1.82) is 0 Å². The zero-order chi connectivity index (χ0) is 15.7. The Kier molecular flexibility index (Phi) is 3.50. The third-order valence-electron chi connectivity index (χ3n) is 3.28. The minimum absolute atomic E-state index is 0.328. The quantitative estimate of drug-likeness (QED) is 0.800. The summed E-state index contributed by atoms with van der Waals surface area (Å²) in [6.45, 7) is 1.94. The topological polar surface area (TPSA) is 77.2 Å². The number of rotatable bonds is 3. The van der Waals surface area contributed by atoms with Crippen LogP contribution in [0.5, 0.6) is 11.6 Å². The monoisotopic (exact) mass is 295 g/mol. The van der Waals surface area contributed by atoms with Crippen LogP contribution >= 0.6 is 0 Å². The number of anilines is 2. The molecule has 0 bridgehead atoms. The molecule has 0 radical (unpaired) electrons. The molecule has 0 spiro atoms. The Bertz CT molecular complexity index is 832. The number of aromatic nitrogens is 3. The summed E-state index contributed by atoms with van der Waals surface area (Å²) in [6, 6.07) is 9.74. The smallest absolute Gasteiger partial charge is 0.248 e. The van der Waals surface area contributed by atoms with E-state index in [9.17, 15) is 0 Å².